The lowest BCUT2D eigenvalue weighted by Crippen LogP contribution is -2.53. The molecule has 0 unspecified atom stereocenters. The molecule has 0 heterocycles. The first-order chi connectivity index (χ1) is 11.6. The highest BCUT2D eigenvalue weighted by Crippen LogP contribution is 2.71. The summed E-state index contributed by atoms with van der Waals surface area (Å²) >= 11 is 0. The van der Waals surface area contributed by atoms with Gasteiger partial charge in [-0.25, -0.2) is 0 Å². The van der Waals surface area contributed by atoms with Crippen molar-refractivity contribution in [3.8, 4) is 0 Å². The van der Waals surface area contributed by atoms with E-state index in [-0.39, 0.29) is 16.2 Å². The van der Waals surface area contributed by atoms with Crippen molar-refractivity contribution in [3.63, 3.8) is 0 Å². The lowest BCUT2D eigenvalue weighted by atomic mass is 9.45. The summed E-state index contributed by atoms with van der Waals surface area (Å²) in [5.41, 5.74) is 1.66. The normalized spacial score (nSPS) is 52.0. The fraction of sp³-hybridized carbons (Fsp3) is 0.826. The van der Waals surface area contributed by atoms with Crippen LogP contribution in [-0.4, -0.2) is 11.6 Å². The lowest BCUT2D eigenvalue weighted by Gasteiger charge is -2.59. The summed E-state index contributed by atoms with van der Waals surface area (Å²) in [5, 5.41) is 0. The minimum Gasteiger partial charge on any atom is -0.299 e. The molecule has 7 atom stereocenters. The predicted molar refractivity (Wildman–Crippen MR) is 100 cm³/mol. The number of carbonyl (C=O) groups excluding carboxylic acids is 2. The van der Waals surface area contributed by atoms with Gasteiger partial charge in [-0.15, -0.1) is 0 Å². The van der Waals surface area contributed by atoms with E-state index >= 15 is 0 Å². The van der Waals surface area contributed by atoms with Crippen LogP contribution in [0.25, 0.3) is 0 Å². The second-order valence-corrected chi connectivity index (χ2v) is 10.3. The Labute approximate surface area is 152 Å². The quantitative estimate of drug-likeness (QED) is 0.643. The van der Waals surface area contributed by atoms with Crippen LogP contribution < -0.4 is 0 Å². The third kappa shape index (κ3) is 2.03. The zero-order valence-corrected chi connectivity index (χ0v) is 16.7. The van der Waals surface area contributed by atoms with Crippen LogP contribution in [0.2, 0.25) is 0 Å². The van der Waals surface area contributed by atoms with Crippen molar-refractivity contribution in [2.24, 2.45) is 39.9 Å². The number of carbonyl (C=O) groups is 2. The zero-order valence-electron chi connectivity index (χ0n) is 16.7. The zero-order chi connectivity index (χ0) is 18.2. The third-order valence-corrected chi connectivity index (χ3v) is 9.86. The first kappa shape index (κ1) is 17.5. The minimum atomic E-state index is -0.164. The molecule has 4 aliphatic carbocycles. The van der Waals surface area contributed by atoms with Gasteiger partial charge in [0, 0.05) is 11.8 Å². The summed E-state index contributed by atoms with van der Waals surface area (Å²) in [5.74, 6) is 3.33. The Hall–Kier alpha value is -0.920. The molecule has 0 amide bonds. The van der Waals surface area contributed by atoms with Crippen LogP contribution in [0.4, 0.5) is 0 Å². The van der Waals surface area contributed by atoms with Gasteiger partial charge >= 0.3 is 0 Å². The van der Waals surface area contributed by atoms with Gasteiger partial charge in [0.1, 0.15) is 5.78 Å². The molecule has 0 aromatic carbocycles. The van der Waals surface area contributed by atoms with Crippen LogP contribution in [0.5, 0.6) is 0 Å². The van der Waals surface area contributed by atoms with Gasteiger partial charge in [-0.05, 0) is 86.0 Å². The first-order valence-corrected chi connectivity index (χ1v) is 10.4. The molecule has 3 saturated carbocycles. The molecule has 2 heteroatoms. The van der Waals surface area contributed by atoms with E-state index in [0.717, 1.165) is 25.2 Å². The molecule has 0 aliphatic heterocycles. The van der Waals surface area contributed by atoms with Gasteiger partial charge in [-0.2, -0.15) is 0 Å². The van der Waals surface area contributed by atoms with Gasteiger partial charge < -0.3 is 0 Å². The molecule has 3 fully saturated rings. The Balaban J connectivity index is 1.72. The number of Topliss-reactive ketones (excluding diaryl/α,β-unsaturated/α-hetero) is 1. The van der Waals surface area contributed by atoms with E-state index in [1.807, 2.05) is 13.0 Å². The van der Waals surface area contributed by atoms with Crippen LogP contribution in [0.1, 0.15) is 79.6 Å². The van der Waals surface area contributed by atoms with Crippen molar-refractivity contribution >= 4 is 11.6 Å². The highest BCUT2D eigenvalue weighted by molar-refractivity contribution is 5.91. The molecule has 0 spiro atoms. The van der Waals surface area contributed by atoms with E-state index in [4.69, 9.17) is 0 Å². The largest absolute Gasteiger partial charge is 0.299 e. The van der Waals surface area contributed by atoms with Crippen LogP contribution in [0, 0.1) is 39.9 Å². The SMILES string of the molecule is CC(=O)[C@@]1(C)[C@H](C)C[C@@H]2[C@@H]3CCC4=CC(=O)CC[C@]4(C)[C@H]3CC[C@@]21C. The molecule has 4 aliphatic rings. The van der Waals surface area contributed by atoms with E-state index in [1.165, 1.54) is 31.3 Å². The third-order valence-electron chi connectivity index (χ3n) is 9.86. The van der Waals surface area contributed by atoms with Crippen molar-refractivity contribution in [3.05, 3.63) is 11.6 Å². The molecule has 0 radical (unpaired) electrons. The minimum absolute atomic E-state index is 0.154. The maximum absolute atomic E-state index is 12.7. The Kier molecular flexibility index (Phi) is 3.71. The van der Waals surface area contributed by atoms with Crippen molar-refractivity contribution in [2.75, 3.05) is 0 Å². The van der Waals surface area contributed by atoms with Crippen molar-refractivity contribution in [1.29, 1.82) is 0 Å². The van der Waals surface area contributed by atoms with Gasteiger partial charge in [0.25, 0.3) is 0 Å². The molecule has 138 valence electrons. The molecular formula is C23H34O2. The maximum atomic E-state index is 12.7. The summed E-state index contributed by atoms with van der Waals surface area (Å²) in [6.45, 7) is 11.3. The molecule has 0 aromatic rings. The number of rotatable bonds is 1. The van der Waals surface area contributed by atoms with Crippen LogP contribution in [0.3, 0.4) is 0 Å². The van der Waals surface area contributed by atoms with E-state index in [0.29, 0.717) is 29.3 Å². The van der Waals surface area contributed by atoms with Crippen molar-refractivity contribution in [2.45, 2.75) is 79.6 Å². The highest BCUT2D eigenvalue weighted by atomic mass is 16.1. The Bertz CT molecular complexity index is 661. The summed E-state index contributed by atoms with van der Waals surface area (Å²) in [6.07, 6.45) is 9.70. The molecular weight excluding hydrogens is 308 g/mol. The summed E-state index contributed by atoms with van der Waals surface area (Å²) < 4.78 is 0. The molecule has 0 saturated heterocycles. The van der Waals surface area contributed by atoms with Crippen LogP contribution in [-0.2, 0) is 9.59 Å². The smallest absolute Gasteiger partial charge is 0.155 e. The maximum Gasteiger partial charge on any atom is 0.155 e. The van der Waals surface area contributed by atoms with Crippen molar-refractivity contribution in [1.82, 2.24) is 0 Å². The molecule has 0 bridgehead atoms. The summed E-state index contributed by atoms with van der Waals surface area (Å²) in [7, 11) is 0. The fourth-order valence-corrected chi connectivity index (χ4v) is 7.89. The van der Waals surface area contributed by atoms with Gasteiger partial charge in [0.05, 0.1) is 0 Å². The Morgan fingerprint density at radius 1 is 1.08 bits per heavy atom. The molecule has 4 rings (SSSR count). The molecule has 0 aromatic heterocycles. The monoisotopic (exact) mass is 342 g/mol. The second kappa shape index (κ2) is 5.30. The summed E-state index contributed by atoms with van der Waals surface area (Å²) in [4.78, 5) is 24.6. The number of ketones is 2. The lowest BCUT2D eigenvalue weighted by molar-refractivity contribution is -0.141. The molecule has 0 N–H and O–H groups in total. The van der Waals surface area contributed by atoms with E-state index in [1.54, 1.807) is 0 Å². The van der Waals surface area contributed by atoms with Crippen LogP contribution >= 0.6 is 0 Å². The topological polar surface area (TPSA) is 34.1 Å². The second-order valence-electron chi connectivity index (χ2n) is 10.3. The van der Waals surface area contributed by atoms with Gasteiger partial charge in [-0.1, -0.05) is 33.3 Å². The first-order valence-electron chi connectivity index (χ1n) is 10.4. The average molecular weight is 343 g/mol. The van der Waals surface area contributed by atoms with Crippen molar-refractivity contribution < 1.29 is 9.59 Å². The van der Waals surface area contributed by atoms with E-state index in [9.17, 15) is 9.59 Å². The highest BCUT2D eigenvalue weighted by Gasteiger charge is 2.66. The number of hydrogen-bond donors (Lipinski definition) is 0. The van der Waals surface area contributed by atoms with Crippen LogP contribution in [0.15, 0.2) is 11.6 Å². The number of allylic oxidation sites excluding steroid dienone is 1. The predicted octanol–water partition coefficient (Wildman–Crippen LogP) is 5.36. The van der Waals surface area contributed by atoms with Gasteiger partial charge in [-0.3, -0.25) is 9.59 Å². The van der Waals surface area contributed by atoms with E-state index in [2.05, 4.69) is 27.7 Å². The van der Waals surface area contributed by atoms with E-state index < -0.39 is 0 Å². The number of fused-ring (bicyclic) bond motifs is 5. The standard InChI is InChI=1S/C23H34O2/c1-14-12-20-18-7-6-16-13-17(25)8-10-21(16,3)19(18)9-11-22(20,4)23(14,5)15(2)24/h13-14,18-20H,6-12H2,1-5H3/t14-,18-,19+,20-,21+,22+,23-/m1/s1. The molecule has 2 nitrogen and oxygen atoms in total. The number of hydrogen-bond acceptors (Lipinski definition) is 2. The fourth-order valence-electron chi connectivity index (χ4n) is 7.89. The van der Waals surface area contributed by atoms with Gasteiger partial charge in [0.2, 0.25) is 0 Å². The Morgan fingerprint density at radius 2 is 1.80 bits per heavy atom. The summed E-state index contributed by atoms with van der Waals surface area (Å²) in [6, 6.07) is 0. The molecule has 25 heavy (non-hydrogen) atoms. The Morgan fingerprint density at radius 3 is 2.48 bits per heavy atom. The van der Waals surface area contributed by atoms with Gasteiger partial charge in [0.15, 0.2) is 5.78 Å². The average Bonchev–Trinajstić information content (AvgIpc) is 2.77.